The summed E-state index contributed by atoms with van der Waals surface area (Å²) in [6.07, 6.45) is 3.76. The van der Waals surface area contributed by atoms with Crippen molar-refractivity contribution < 1.29 is 0 Å². The number of pyridine rings is 1. The quantitative estimate of drug-likeness (QED) is 0.617. The average molecular weight is 181 g/mol. The van der Waals surface area contributed by atoms with E-state index < -0.39 is 0 Å². The van der Waals surface area contributed by atoms with Gasteiger partial charge in [-0.3, -0.25) is 0 Å². The summed E-state index contributed by atoms with van der Waals surface area (Å²) >= 11 is 5.90. The second kappa shape index (κ2) is 2.79. The van der Waals surface area contributed by atoms with Gasteiger partial charge in [-0.1, -0.05) is 11.6 Å². The number of rotatable bonds is 1. The predicted molar refractivity (Wildman–Crippen MR) is 50.4 cm³/mol. The first kappa shape index (κ1) is 7.62. The smallest absolute Gasteiger partial charge is 0.138 e. The summed E-state index contributed by atoms with van der Waals surface area (Å²) in [5, 5.41) is 1.61. The van der Waals surface area contributed by atoms with E-state index in [1.807, 2.05) is 18.3 Å². The van der Waals surface area contributed by atoms with E-state index in [0.29, 0.717) is 5.15 Å². The van der Waals surface area contributed by atoms with Crippen LogP contribution in [0.2, 0.25) is 5.15 Å². The molecule has 0 aromatic carbocycles. The van der Waals surface area contributed by atoms with Gasteiger partial charge in [0.1, 0.15) is 5.15 Å². The Kier molecular flexibility index (Phi) is 1.77. The monoisotopic (exact) mass is 180 g/mol. The molecule has 0 saturated heterocycles. The summed E-state index contributed by atoms with van der Waals surface area (Å²) in [6.45, 7) is 3.07. The molecule has 2 nitrogen and oxygen atoms in total. The zero-order valence-corrected chi connectivity index (χ0v) is 7.54. The molecular formula is C9H9ClN2. The van der Waals surface area contributed by atoms with Crippen LogP contribution in [0.15, 0.2) is 24.5 Å². The lowest BCUT2D eigenvalue weighted by molar-refractivity contribution is 0.797. The lowest BCUT2D eigenvalue weighted by Crippen LogP contribution is -1.90. The maximum absolute atomic E-state index is 5.90. The highest BCUT2D eigenvalue weighted by atomic mass is 35.5. The SMILES string of the molecule is CCn1ccc2c(Cl)nccc21. The van der Waals surface area contributed by atoms with E-state index in [-0.39, 0.29) is 0 Å². The van der Waals surface area contributed by atoms with Crippen LogP contribution in [-0.4, -0.2) is 9.55 Å². The van der Waals surface area contributed by atoms with Crippen LogP contribution in [-0.2, 0) is 6.54 Å². The predicted octanol–water partition coefficient (Wildman–Crippen LogP) is 2.71. The maximum atomic E-state index is 5.90. The van der Waals surface area contributed by atoms with Crippen molar-refractivity contribution in [3.8, 4) is 0 Å². The van der Waals surface area contributed by atoms with Gasteiger partial charge in [0.25, 0.3) is 0 Å². The highest BCUT2D eigenvalue weighted by molar-refractivity contribution is 6.34. The third-order valence-corrected chi connectivity index (χ3v) is 2.29. The van der Waals surface area contributed by atoms with Gasteiger partial charge in [-0.25, -0.2) is 4.98 Å². The van der Waals surface area contributed by atoms with Gasteiger partial charge in [-0.15, -0.1) is 0 Å². The van der Waals surface area contributed by atoms with Crippen LogP contribution in [0.3, 0.4) is 0 Å². The van der Waals surface area contributed by atoms with Crippen LogP contribution in [0.1, 0.15) is 6.92 Å². The van der Waals surface area contributed by atoms with Crippen molar-refractivity contribution in [2.24, 2.45) is 0 Å². The molecule has 0 unspecified atom stereocenters. The largest absolute Gasteiger partial charge is 0.348 e. The molecule has 0 bridgehead atoms. The Morgan fingerprint density at radius 2 is 2.33 bits per heavy atom. The van der Waals surface area contributed by atoms with Gasteiger partial charge in [0.15, 0.2) is 0 Å². The molecule has 0 radical (unpaired) electrons. The highest BCUT2D eigenvalue weighted by Gasteiger charge is 2.02. The lowest BCUT2D eigenvalue weighted by atomic mass is 10.3. The van der Waals surface area contributed by atoms with Gasteiger partial charge in [0, 0.05) is 24.3 Å². The third kappa shape index (κ3) is 0.994. The molecule has 0 aliphatic carbocycles. The maximum Gasteiger partial charge on any atom is 0.138 e. The first-order chi connectivity index (χ1) is 5.83. The van der Waals surface area contributed by atoms with E-state index in [1.165, 1.54) is 0 Å². The molecule has 0 aliphatic rings. The fourth-order valence-corrected chi connectivity index (χ4v) is 1.58. The second-order valence-electron chi connectivity index (χ2n) is 2.64. The Balaban J connectivity index is 2.80. The van der Waals surface area contributed by atoms with E-state index in [1.54, 1.807) is 6.20 Å². The number of aryl methyl sites for hydroxylation is 1. The first-order valence-corrected chi connectivity index (χ1v) is 4.30. The Hall–Kier alpha value is -1.02. The van der Waals surface area contributed by atoms with Gasteiger partial charge in [-0.05, 0) is 19.1 Å². The normalized spacial score (nSPS) is 10.8. The van der Waals surface area contributed by atoms with Gasteiger partial charge < -0.3 is 4.57 Å². The Labute approximate surface area is 75.8 Å². The van der Waals surface area contributed by atoms with Crippen LogP contribution < -0.4 is 0 Å². The molecule has 0 fully saturated rings. The molecule has 2 aromatic heterocycles. The summed E-state index contributed by atoms with van der Waals surface area (Å²) in [5.41, 5.74) is 1.15. The first-order valence-electron chi connectivity index (χ1n) is 3.92. The Morgan fingerprint density at radius 1 is 1.50 bits per heavy atom. The van der Waals surface area contributed by atoms with E-state index in [2.05, 4.69) is 16.5 Å². The third-order valence-electron chi connectivity index (χ3n) is 1.99. The summed E-state index contributed by atoms with van der Waals surface area (Å²) in [5.74, 6) is 0. The molecule has 12 heavy (non-hydrogen) atoms. The van der Waals surface area contributed by atoms with Crippen molar-refractivity contribution >= 4 is 22.5 Å². The molecule has 0 saturated carbocycles. The summed E-state index contributed by atoms with van der Waals surface area (Å²) in [7, 11) is 0. The van der Waals surface area contributed by atoms with Gasteiger partial charge in [0.05, 0.1) is 5.52 Å². The van der Waals surface area contributed by atoms with Gasteiger partial charge in [-0.2, -0.15) is 0 Å². The molecular weight excluding hydrogens is 172 g/mol. The van der Waals surface area contributed by atoms with E-state index in [4.69, 9.17) is 11.6 Å². The van der Waals surface area contributed by atoms with Crippen molar-refractivity contribution in [3.63, 3.8) is 0 Å². The van der Waals surface area contributed by atoms with E-state index in [0.717, 1.165) is 17.4 Å². The van der Waals surface area contributed by atoms with Crippen LogP contribution >= 0.6 is 11.6 Å². The molecule has 62 valence electrons. The van der Waals surface area contributed by atoms with Crippen LogP contribution in [0.4, 0.5) is 0 Å². The number of hydrogen-bond acceptors (Lipinski definition) is 1. The van der Waals surface area contributed by atoms with Crippen molar-refractivity contribution in [2.45, 2.75) is 13.5 Å². The highest BCUT2D eigenvalue weighted by Crippen LogP contribution is 2.21. The molecule has 2 rings (SSSR count). The Morgan fingerprint density at radius 3 is 3.08 bits per heavy atom. The lowest BCUT2D eigenvalue weighted by Gasteiger charge is -1.99. The molecule has 0 N–H and O–H groups in total. The topological polar surface area (TPSA) is 17.8 Å². The number of nitrogens with zero attached hydrogens (tertiary/aromatic N) is 2. The fraction of sp³-hybridized carbons (Fsp3) is 0.222. The van der Waals surface area contributed by atoms with Crippen LogP contribution in [0.25, 0.3) is 10.9 Å². The average Bonchev–Trinajstić information content (AvgIpc) is 2.49. The molecule has 0 spiro atoms. The number of hydrogen-bond donors (Lipinski definition) is 0. The van der Waals surface area contributed by atoms with Crippen molar-refractivity contribution in [3.05, 3.63) is 29.7 Å². The fourth-order valence-electron chi connectivity index (χ4n) is 1.36. The zero-order chi connectivity index (χ0) is 8.55. The number of halogens is 1. The molecule has 3 heteroatoms. The minimum atomic E-state index is 0.583. The van der Waals surface area contributed by atoms with E-state index >= 15 is 0 Å². The standard InChI is InChI=1S/C9H9ClN2/c1-2-12-6-4-7-8(12)3-5-11-9(7)10/h3-6H,2H2,1H3. The zero-order valence-electron chi connectivity index (χ0n) is 6.79. The molecule has 0 atom stereocenters. The second-order valence-corrected chi connectivity index (χ2v) is 2.99. The van der Waals surface area contributed by atoms with E-state index in [9.17, 15) is 0 Å². The molecule has 0 aliphatic heterocycles. The van der Waals surface area contributed by atoms with Crippen LogP contribution in [0.5, 0.6) is 0 Å². The summed E-state index contributed by atoms with van der Waals surface area (Å²) < 4.78 is 2.14. The van der Waals surface area contributed by atoms with Crippen molar-refractivity contribution in [1.82, 2.24) is 9.55 Å². The summed E-state index contributed by atoms with van der Waals surface area (Å²) in [6, 6.07) is 3.97. The van der Waals surface area contributed by atoms with Gasteiger partial charge in [0.2, 0.25) is 0 Å². The molecule has 0 amide bonds. The van der Waals surface area contributed by atoms with Gasteiger partial charge >= 0.3 is 0 Å². The Bertz CT molecular complexity index is 406. The summed E-state index contributed by atoms with van der Waals surface area (Å²) in [4.78, 5) is 4.01. The molecule has 2 aromatic rings. The van der Waals surface area contributed by atoms with Crippen molar-refractivity contribution in [1.29, 1.82) is 0 Å². The van der Waals surface area contributed by atoms with Crippen LogP contribution in [0, 0.1) is 0 Å². The number of fused-ring (bicyclic) bond motifs is 1. The molecule has 2 heterocycles. The number of aromatic nitrogens is 2. The minimum absolute atomic E-state index is 0.583. The van der Waals surface area contributed by atoms with Crippen molar-refractivity contribution in [2.75, 3.05) is 0 Å². The minimum Gasteiger partial charge on any atom is -0.348 e.